The average Bonchev–Trinajstić information content (AvgIpc) is 2.35. The Morgan fingerprint density at radius 3 is 2.78 bits per heavy atom. The maximum absolute atomic E-state index is 4.41. The summed E-state index contributed by atoms with van der Waals surface area (Å²) in [5, 5.41) is 3.51. The molecule has 1 aromatic heterocycles. The van der Waals surface area contributed by atoms with E-state index in [-0.39, 0.29) is 0 Å². The number of nitrogens with one attached hydrogen (secondary N) is 1. The molecule has 0 amide bonds. The number of nitrogens with zero attached hydrogens (tertiary/aromatic N) is 3. The Morgan fingerprint density at radius 2 is 2.00 bits per heavy atom. The van der Waals surface area contributed by atoms with Crippen molar-refractivity contribution in [1.82, 2.24) is 20.2 Å². The molecule has 1 unspecified atom stereocenters. The lowest BCUT2D eigenvalue weighted by Crippen LogP contribution is -2.35. The molecule has 1 N–H and O–H groups in total. The first-order chi connectivity index (χ1) is 8.66. The standard InChI is InChI=1S/C14H20N4/c1-11(10-18(2)3)17-9-12-5-4-6-13-14(12)16-8-7-15-13/h4-8,11,17H,9-10H2,1-3H3. The van der Waals surface area contributed by atoms with Gasteiger partial charge in [-0.25, -0.2) is 0 Å². The van der Waals surface area contributed by atoms with Gasteiger partial charge in [0.05, 0.1) is 11.0 Å². The molecule has 2 rings (SSSR count). The molecule has 96 valence electrons. The Kier molecular flexibility index (Phi) is 4.23. The highest BCUT2D eigenvalue weighted by Gasteiger charge is 2.06. The number of hydrogen-bond acceptors (Lipinski definition) is 4. The first-order valence-corrected chi connectivity index (χ1v) is 6.23. The third-order valence-corrected chi connectivity index (χ3v) is 2.86. The van der Waals surface area contributed by atoms with Gasteiger partial charge in [-0.1, -0.05) is 12.1 Å². The summed E-state index contributed by atoms with van der Waals surface area (Å²) in [5.41, 5.74) is 3.15. The first kappa shape index (κ1) is 12.9. The summed E-state index contributed by atoms with van der Waals surface area (Å²) < 4.78 is 0. The van der Waals surface area contributed by atoms with Gasteiger partial charge in [-0.05, 0) is 32.6 Å². The highest BCUT2D eigenvalue weighted by Crippen LogP contribution is 2.13. The van der Waals surface area contributed by atoms with E-state index in [9.17, 15) is 0 Å². The number of hydrogen-bond donors (Lipinski definition) is 1. The normalized spacial score (nSPS) is 13.1. The smallest absolute Gasteiger partial charge is 0.0931 e. The number of likely N-dealkylation sites (N-methyl/N-ethyl adjacent to an activating group) is 1. The Morgan fingerprint density at radius 1 is 1.22 bits per heavy atom. The van der Waals surface area contributed by atoms with Crippen molar-refractivity contribution in [3.63, 3.8) is 0 Å². The van der Waals surface area contributed by atoms with Gasteiger partial charge in [0.1, 0.15) is 0 Å². The van der Waals surface area contributed by atoms with Gasteiger partial charge in [-0.3, -0.25) is 9.97 Å². The van der Waals surface area contributed by atoms with Crippen molar-refractivity contribution in [1.29, 1.82) is 0 Å². The number of benzene rings is 1. The predicted octanol–water partition coefficient (Wildman–Crippen LogP) is 1.67. The van der Waals surface area contributed by atoms with Crippen molar-refractivity contribution in [3.05, 3.63) is 36.2 Å². The Hall–Kier alpha value is -1.52. The van der Waals surface area contributed by atoms with E-state index in [0.29, 0.717) is 6.04 Å². The van der Waals surface area contributed by atoms with Gasteiger partial charge in [0.15, 0.2) is 0 Å². The van der Waals surface area contributed by atoms with Gasteiger partial charge in [0, 0.05) is 31.5 Å². The van der Waals surface area contributed by atoms with Crippen LogP contribution in [0, 0.1) is 0 Å². The van der Waals surface area contributed by atoms with Crippen molar-refractivity contribution in [3.8, 4) is 0 Å². The van der Waals surface area contributed by atoms with Crippen molar-refractivity contribution < 1.29 is 0 Å². The summed E-state index contributed by atoms with van der Waals surface area (Å²) in [6.45, 7) is 4.04. The fourth-order valence-corrected chi connectivity index (χ4v) is 2.09. The van der Waals surface area contributed by atoms with Crippen LogP contribution in [-0.2, 0) is 6.54 Å². The second kappa shape index (κ2) is 5.89. The van der Waals surface area contributed by atoms with Gasteiger partial charge in [0.2, 0.25) is 0 Å². The van der Waals surface area contributed by atoms with Crippen molar-refractivity contribution in [2.45, 2.75) is 19.5 Å². The first-order valence-electron chi connectivity index (χ1n) is 6.23. The van der Waals surface area contributed by atoms with Crippen LogP contribution in [0.4, 0.5) is 0 Å². The zero-order valence-corrected chi connectivity index (χ0v) is 11.2. The fourth-order valence-electron chi connectivity index (χ4n) is 2.09. The fraction of sp³-hybridized carbons (Fsp3) is 0.429. The third-order valence-electron chi connectivity index (χ3n) is 2.86. The molecule has 18 heavy (non-hydrogen) atoms. The molecule has 4 nitrogen and oxygen atoms in total. The van der Waals surface area contributed by atoms with E-state index in [1.54, 1.807) is 12.4 Å². The van der Waals surface area contributed by atoms with E-state index in [1.807, 2.05) is 12.1 Å². The van der Waals surface area contributed by atoms with E-state index in [1.165, 1.54) is 5.56 Å². The summed E-state index contributed by atoms with van der Waals surface area (Å²) in [5.74, 6) is 0. The van der Waals surface area contributed by atoms with Crippen LogP contribution in [-0.4, -0.2) is 41.5 Å². The van der Waals surface area contributed by atoms with Crippen molar-refractivity contribution in [2.24, 2.45) is 0 Å². The summed E-state index contributed by atoms with van der Waals surface area (Å²) in [4.78, 5) is 10.9. The molecule has 0 radical (unpaired) electrons. The minimum Gasteiger partial charge on any atom is -0.309 e. The van der Waals surface area contributed by atoms with E-state index in [2.05, 4.69) is 47.3 Å². The van der Waals surface area contributed by atoms with Crippen LogP contribution < -0.4 is 5.32 Å². The topological polar surface area (TPSA) is 41.0 Å². The second-order valence-corrected chi connectivity index (χ2v) is 4.89. The molecule has 0 aliphatic heterocycles. The number of rotatable bonds is 5. The lowest BCUT2D eigenvalue weighted by Gasteiger charge is -2.18. The molecule has 0 bridgehead atoms. The van der Waals surface area contributed by atoms with Crippen LogP contribution in [0.5, 0.6) is 0 Å². The van der Waals surface area contributed by atoms with E-state index >= 15 is 0 Å². The SMILES string of the molecule is CC(CN(C)C)NCc1cccc2nccnc12. The summed E-state index contributed by atoms with van der Waals surface area (Å²) in [7, 11) is 4.17. The molecule has 1 atom stereocenters. The maximum atomic E-state index is 4.41. The highest BCUT2D eigenvalue weighted by molar-refractivity contribution is 5.77. The molecule has 4 heteroatoms. The minimum atomic E-state index is 0.451. The summed E-state index contributed by atoms with van der Waals surface area (Å²) >= 11 is 0. The van der Waals surface area contributed by atoms with Gasteiger partial charge < -0.3 is 10.2 Å². The van der Waals surface area contributed by atoms with Crippen LogP contribution >= 0.6 is 0 Å². The van der Waals surface area contributed by atoms with Crippen LogP contribution in [0.2, 0.25) is 0 Å². The molecule has 2 aromatic rings. The predicted molar refractivity (Wildman–Crippen MR) is 74.4 cm³/mol. The Bertz CT molecular complexity index is 505. The van der Waals surface area contributed by atoms with E-state index < -0.39 is 0 Å². The largest absolute Gasteiger partial charge is 0.309 e. The molecular weight excluding hydrogens is 224 g/mol. The number of fused-ring (bicyclic) bond motifs is 1. The third kappa shape index (κ3) is 3.24. The molecule has 0 fully saturated rings. The van der Waals surface area contributed by atoms with Gasteiger partial charge in [-0.15, -0.1) is 0 Å². The minimum absolute atomic E-state index is 0.451. The molecule has 0 spiro atoms. The van der Waals surface area contributed by atoms with Crippen LogP contribution in [0.1, 0.15) is 12.5 Å². The van der Waals surface area contributed by atoms with Crippen LogP contribution in [0.3, 0.4) is 0 Å². The molecule has 0 saturated heterocycles. The second-order valence-electron chi connectivity index (χ2n) is 4.89. The Balaban J connectivity index is 2.08. The zero-order valence-electron chi connectivity index (χ0n) is 11.2. The van der Waals surface area contributed by atoms with Gasteiger partial charge in [0.25, 0.3) is 0 Å². The maximum Gasteiger partial charge on any atom is 0.0931 e. The Labute approximate surface area is 108 Å². The van der Waals surface area contributed by atoms with E-state index in [4.69, 9.17) is 0 Å². The van der Waals surface area contributed by atoms with Gasteiger partial charge in [-0.2, -0.15) is 0 Å². The van der Waals surface area contributed by atoms with Crippen LogP contribution in [0.25, 0.3) is 11.0 Å². The molecule has 0 saturated carbocycles. The quantitative estimate of drug-likeness (QED) is 0.868. The molecule has 1 heterocycles. The molecule has 0 aliphatic carbocycles. The van der Waals surface area contributed by atoms with Crippen molar-refractivity contribution >= 4 is 11.0 Å². The monoisotopic (exact) mass is 244 g/mol. The van der Waals surface area contributed by atoms with Crippen LogP contribution in [0.15, 0.2) is 30.6 Å². The average molecular weight is 244 g/mol. The summed E-state index contributed by atoms with van der Waals surface area (Å²) in [6, 6.07) is 6.58. The molecular formula is C14H20N4. The lowest BCUT2D eigenvalue weighted by molar-refractivity contribution is 0.349. The van der Waals surface area contributed by atoms with E-state index in [0.717, 1.165) is 24.1 Å². The number of para-hydroxylation sites is 1. The molecule has 0 aliphatic rings. The van der Waals surface area contributed by atoms with Crippen molar-refractivity contribution in [2.75, 3.05) is 20.6 Å². The van der Waals surface area contributed by atoms with Gasteiger partial charge >= 0.3 is 0 Å². The lowest BCUT2D eigenvalue weighted by atomic mass is 10.1. The molecule has 1 aromatic carbocycles. The summed E-state index contributed by atoms with van der Waals surface area (Å²) in [6.07, 6.45) is 3.48. The number of aromatic nitrogens is 2. The zero-order chi connectivity index (χ0) is 13.0. The highest BCUT2D eigenvalue weighted by atomic mass is 15.1.